The molecule has 2 nitrogen and oxygen atoms in total. The van der Waals surface area contributed by atoms with Gasteiger partial charge in [-0.05, 0) is 66.8 Å². The maximum absolute atomic E-state index is 6.23. The molecule has 2 aromatic rings. The van der Waals surface area contributed by atoms with E-state index in [0.29, 0.717) is 0 Å². The monoisotopic (exact) mass is 316 g/mol. The molecule has 1 aliphatic heterocycles. The second-order valence-corrected chi connectivity index (χ2v) is 6.06. The third kappa shape index (κ3) is 2.76. The Kier molecular flexibility index (Phi) is 3.96. The molecule has 24 heavy (non-hydrogen) atoms. The first-order valence-electron chi connectivity index (χ1n) is 8.38. The molecule has 0 fully saturated rings. The van der Waals surface area contributed by atoms with Gasteiger partial charge in [0.05, 0.1) is 7.11 Å². The maximum atomic E-state index is 6.23. The van der Waals surface area contributed by atoms with Crippen LogP contribution in [0.2, 0.25) is 0 Å². The molecule has 0 radical (unpaired) electrons. The fraction of sp³-hybridized carbons (Fsp3) is 0.182. The second-order valence-electron chi connectivity index (χ2n) is 6.06. The summed E-state index contributed by atoms with van der Waals surface area (Å²) in [5.41, 5.74) is 4.91. The molecule has 0 spiro atoms. The predicted octanol–water partition coefficient (Wildman–Crippen LogP) is 5.59. The van der Waals surface area contributed by atoms with E-state index in [4.69, 9.17) is 9.47 Å². The van der Waals surface area contributed by atoms with E-state index in [1.54, 1.807) is 7.11 Å². The molecule has 0 amide bonds. The Hall–Kier alpha value is -2.74. The summed E-state index contributed by atoms with van der Waals surface area (Å²) in [4.78, 5) is 0. The van der Waals surface area contributed by atoms with Gasteiger partial charge in [-0.3, -0.25) is 0 Å². The van der Waals surface area contributed by atoms with Crippen LogP contribution in [0.5, 0.6) is 5.75 Å². The Balaban J connectivity index is 1.81. The van der Waals surface area contributed by atoms with Crippen LogP contribution < -0.4 is 4.74 Å². The SMILES string of the molecule is COc1ccc(C2=CC(c3ccccc3)=C3CCCC=C3O2)cc1. The predicted molar refractivity (Wildman–Crippen MR) is 97.4 cm³/mol. The van der Waals surface area contributed by atoms with Gasteiger partial charge in [0.25, 0.3) is 0 Å². The van der Waals surface area contributed by atoms with Gasteiger partial charge >= 0.3 is 0 Å². The number of hydrogen-bond donors (Lipinski definition) is 0. The van der Waals surface area contributed by atoms with Gasteiger partial charge in [0, 0.05) is 11.1 Å². The molecule has 0 N–H and O–H groups in total. The molecule has 4 rings (SSSR count). The number of benzene rings is 2. The molecular weight excluding hydrogens is 296 g/mol. The van der Waals surface area contributed by atoms with Gasteiger partial charge in [0.15, 0.2) is 0 Å². The van der Waals surface area contributed by atoms with Crippen LogP contribution in [0.25, 0.3) is 11.3 Å². The summed E-state index contributed by atoms with van der Waals surface area (Å²) < 4.78 is 11.5. The molecule has 2 aromatic carbocycles. The van der Waals surface area contributed by atoms with Crippen molar-refractivity contribution in [2.45, 2.75) is 19.3 Å². The average Bonchev–Trinajstić information content (AvgIpc) is 2.68. The lowest BCUT2D eigenvalue weighted by Gasteiger charge is -2.26. The molecule has 0 unspecified atom stereocenters. The van der Waals surface area contributed by atoms with E-state index in [1.807, 2.05) is 24.3 Å². The lowest BCUT2D eigenvalue weighted by molar-refractivity contribution is 0.376. The number of methoxy groups -OCH3 is 1. The van der Waals surface area contributed by atoms with E-state index < -0.39 is 0 Å². The first-order chi connectivity index (χ1) is 11.8. The summed E-state index contributed by atoms with van der Waals surface area (Å²) in [7, 11) is 1.68. The summed E-state index contributed by atoms with van der Waals surface area (Å²) in [6.07, 6.45) is 7.73. The van der Waals surface area contributed by atoms with E-state index in [-0.39, 0.29) is 0 Å². The van der Waals surface area contributed by atoms with Crippen molar-refractivity contribution >= 4 is 11.3 Å². The average molecular weight is 316 g/mol. The van der Waals surface area contributed by atoms with Gasteiger partial charge in [-0.15, -0.1) is 0 Å². The Morgan fingerprint density at radius 1 is 0.875 bits per heavy atom. The molecule has 0 bridgehead atoms. The van der Waals surface area contributed by atoms with Crippen molar-refractivity contribution in [3.63, 3.8) is 0 Å². The highest BCUT2D eigenvalue weighted by molar-refractivity contribution is 5.88. The van der Waals surface area contributed by atoms with Crippen molar-refractivity contribution < 1.29 is 9.47 Å². The normalized spacial score (nSPS) is 16.7. The van der Waals surface area contributed by atoms with Crippen molar-refractivity contribution in [1.82, 2.24) is 0 Å². The number of fused-ring (bicyclic) bond motifs is 1. The molecule has 0 saturated heterocycles. The van der Waals surface area contributed by atoms with Crippen LogP contribution in [0.3, 0.4) is 0 Å². The van der Waals surface area contributed by atoms with Crippen molar-refractivity contribution in [1.29, 1.82) is 0 Å². The minimum Gasteiger partial charge on any atom is -0.497 e. The maximum Gasteiger partial charge on any atom is 0.135 e. The molecule has 0 atom stereocenters. The summed E-state index contributed by atoms with van der Waals surface area (Å²) in [6, 6.07) is 18.6. The standard InChI is InChI=1S/C22H20O2/c1-23-18-13-11-17(12-14-18)22-15-20(16-7-3-2-4-8-16)19-9-5-6-10-21(19)24-22/h2-4,7-8,10-15H,5-6,9H2,1H3. The van der Waals surface area contributed by atoms with E-state index in [0.717, 1.165) is 35.7 Å². The summed E-state index contributed by atoms with van der Waals surface area (Å²) >= 11 is 0. The third-order valence-corrected chi connectivity index (χ3v) is 4.54. The zero-order valence-corrected chi connectivity index (χ0v) is 13.8. The number of ether oxygens (including phenoxy) is 2. The van der Waals surface area contributed by atoms with Crippen molar-refractivity contribution in [3.8, 4) is 5.75 Å². The number of rotatable bonds is 3. The first kappa shape index (κ1) is 14.8. The largest absolute Gasteiger partial charge is 0.497 e. The fourth-order valence-electron chi connectivity index (χ4n) is 3.27. The molecule has 0 aromatic heterocycles. The molecule has 1 heterocycles. The lowest BCUT2D eigenvalue weighted by Crippen LogP contribution is -2.08. The van der Waals surface area contributed by atoms with E-state index in [2.05, 4.69) is 42.5 Å². The number of hydrogen-bond acceptors (Lipinski definition) is 2. The van der Waals surface area contributed by atoms with Gasteiger partial charge < -0.3 is 9.47 Å². The number of allylic oxidation sites excluding steroid dienone is 4. The summed E-state index contributed by atoms with van der Waals surface area (Å²) in [5, 5.41) is 0. The van der Waals surface area contributed by atoms with Crippen LogP contribution in [0.1, 0.15) is 30.4 Å². The van der Waals surface area contributed by atoms with Gasteiger partial charge in [0.2, 0.25) is 0 Å². The van der Waals surface area contributed by atoms with Crippen molar-refractivity contribution in [2.24, 2.45) is 0 Å². The van der Waals surface area contributed by atoms with Gasteiger partial charge in [-0.25, -0.2) is 0 Å². The zero-order valence-electron chi connectivity index (χ0n) is 13.8. The smallest absolute Gasteiger partial charge is 0.135 e. The van der Waals surface area contributed by atoms with Crippen LogP contribution in [0.4, 0.5) is 0 Å². The van der Waals surface area contributed by atoms with Crippen LogP contribution in [-0.2, 0) is 4.74 Å². The van der Waals surface area contributed by atoms with Crippen molar-refractivity contribution in [2.75, 3.05) is 7.11 Å². The quantitative estimate of drug-likeness (QED) is 0.735. The van der Waals surface area contributed by atoms with E-state index >= 15 is 0 Å². The van der Waals surface area contributed by atoms with E-state index in [1.165, 1.54) is 23.1 Å². The van der Waals surface area contributed by atoms with Crippen LogP contribution in [0, 0.1) is 0 Å². The minimum absolute atomic E-state index is 0.853. The molecule has 1 aliphatic carbocycles. The molecule has 2 aliphatic rings. The van der Waals surface area contributed by atoms with Gasteiger partial charge in [-0.2, -0.15) is 0 Å². The molecule has 0 saturated carbocycles. The highest BCUT2D eigenvalue weighted by Crippen LogP contribution is 2.41. The van der Waals surface area contributed by atoms with Crippen LogP contribution in [-0.4, -0.2) is 7.11 Å². The van der Waals surface area contributed by atoms with Crippen molar-refractivity contribution in [3.05, 3.63) is 89.2 Å². The lowest BCUT2D eigenvalue weighted by atomic mass is 9.89. The van der Waals surface area contributed by atoms with Gasteiger partial charge in [0.1, 0.15) is 17.3 Å². The topological polar surface area (TPSA) is 18.5 Å². The fourth-order valence-corrected chi connectivity index (χ4v) is 3.27. The molecular formula is C22H20O2. The Bertz CT molecular complexity index is 824. The highest BCUT2D eigenvalue weighted by Gasteiger charge is 2.23. The molecule has 2 heteroatoms. The van der Waals surface area contributed by atoms with E-state index in [9.17, 15) is 0 Å². The summed E-state index contributed by atoms with van der Waals surface area (Å²) in [6.45, 7) is 0. The second kappa shape index (κ2) is 6.40. The Labute approximate surface area is 142 Å². The highest BCUT2D eigenvalue weighted by atomic mass is 16.5. The van der Waals surface area contributed by atoms with Gasteiger partial charge in [-0.1, -0.05) is 30.3 Å². The Morgan fingerprint density at radius 3 is 2.42 bits per heavy atom. The summed E-state index contributed by atoms with van der Waals surface area (Å²) in [5.74, 6) is 2.77. The van der Waals surface area contributed by atoms with Crippen LogP contribution in [0.15, 0.2) is 78.1 Å². The Morgan fingerprint density at radius 2 is 1.67 bits per heavy atom. The first-order valence-corrected chi connectivity index (χ1v) is 8.38. The third-order valence-electron chi connectivity index (χ3n) is 4.54. The zero-order chi connectivity index (χ0) is 16.4. The van der Waals surface area contributed by atoms with Crippen LogP contribution >= 0.6 is 0 Å². The minimum atomic E-state index is 0.853. The molecule has 120 valence electrons.